The zero-order valence-electron chi connectivity index (χ0n) is 20.1. The Balaban J connectivity index is 2.43. The Hall–Kier alpha value is -3.08. The maximum absolute atomic E-state index is 13.8. The molecule has 1 N–H and O–H groups in total. The van der Waals surface area contributed by atoms with Crippen LogP contribution in [0.1, 0.15) is 32.8 Å². The summed E-state index contributed by atoms with van der Waals surface area (Å²) >= 11 is 0. The van der Waals surface area contributed by atoms with Crippen molar-refractivity contribution < 1.29 is 31.2 Å². The van der Waals surface area contributed by atoms with Crippen molar-refractivity contribution in [1.29, 1.82) is 0 Å². The molecule has 0 bridgehead atoms. The van der Waals surface area contributed by atoms with E-state index >= 15 is 0 Å². The number of sulfonamides is 1. The van der Waals surface area contributed by atoms with Crippen LogP contribution in [0.25, 0.3) is 0 Å². The third-order valence-electron chi connectivity index (χ3n) is 5.21. The second-order valence-electron chi connectivity index (χ2n) is 8.58. The van der Waals surface area contributed by atoms with Crippen LogP contribution in [0.15, 0.2) is 42.5 Å². The van der Waals surface area contributed by atoms with Crippen molar-refractivity contribution in [2.24, 2.45) is 5.92 Å². The number of benzene rings is 2. The molecule has 0 aliphatic carbocycles. The highest BCUT2D eigenvalue weighted by Gasteiger charge is 2.32. The van der Waals surface area contributed by atoms with Gasteiger partial charge in [-0.05, 0) is 42.2 Å². The number of nitrogens with one attached hydrogen (secondary N) is 1. The molecule has 0 fully saturated rings. The summed E-state index contributed by atoms with van der Waals surface area (Å²) < 4.78 is 66.1. The van der Waals surface area contributed by atoms with E-state index in [4.69, 9.17) is 0 Å². The molecule has 0 spiro atoms. The first kappa shape index (κ1) is 28.2. The molecule has 35 heavy (non-hydrogen) atoms. The van der Waals surface area contributed by atoms with E-state index in [9.17, 15) is 31.2 Å². The lowest BCUT2D eigenvalue weighted by Crippen LogP contribution is -2.52. The third kappa shape index (κ3) is 7.98. The van der Waals surface area contributed by atoms with E-state index < -0.39 is 51.9 Å². The molecule has 2 amide bonds. The van der Waals surface area contributed by atoms with Gasteiger partial charge >= 0.3 is 0 Å². The largest absolute Gasteiger partial charge is 0.354 e. The van der Waals surface area contributed by atoms with Crippen molar-refractivity contribution in [3.05, 3.63) is 65.5 Å². The van der Waals surface area contributed by atoms with Gasteiger partial charge in [0.2, 0.25) is 21.8 Å². The smallest absolute Gasteiger partial charge is 0.244 e. The van der Waals surface area contributed by atoms with Crippen LogP contribution in [-0.4, -0.2) is 50.5 Å². The number of hydrogen-bond donors (Lipinski definition) is 1. The summed E-state index contributed by atoms with van der Waals surface area (Å²) in [5, 5.41) is 2.78. The van der Waals surface area contributed by atoms with Gasteiger partial charge in [-0.25, -0.2) is 21.6 Å². The average molecular weight is 514 g/mol. The summed E-state index contributed by atoms with van der Waals surface area (Å²) in [4.78, 5) is 27.6. The maximum Gasteiger partial charge on any atom is 0.244 e. The monoisotopic (exact) mass is 513 g/mol. The first-order chi connectivity index (χ1) is 16.3. The van der Waals surface area contributed by atoms with Gasteiger partial charge in [0, 0.05) is 19.2 Å². The van der Waals surface area contributed by atoms with Crippen LogP contribution < -0.4 is 9.62 Å². The Labute approximate surface area is 204 Å². The standard InChI is InChI=1S/C24H30F3N3O4S/c1-5-22(24(32)28-13-16(2)3)29(14-17-6-8-18(25)9-7-17)23(31)15-30(35(4,33)34)19-10-11-20(26)21(27)12-19/h6-12,16,22H,5,13-15H2,1-4H3,(H,28,32). The number of hydrogen-bond acceptors (Lipinski definition) is 4. The predicted molar refractivity (Wildman–Crippen MR) is 127 cm³/mol. The minimum Gasteiger partial charge on any atom is -0.354 e. The zero-order valence-corrected chi connectivity index (χ0v) is 20.9. The summed E-state index contributed by atoms with van der Waals surface area (Å²) in [6.45, 7) is 5.05. The third-order valence-corrected chi connectivity index (χ3v) is 6.35. The molecule has 7 nitrogen and oxygen atoms in total. The maximum atomic E-state index is 13.8. The Morgan fingerprint density at radius 1 is 1.00 bits per heavy atom. The molecule has 2 aromatic carbocycles. The Bertz CT molecular complexity index is 1140. The van der Waals surface area contributed by atoms with E-state index in [-0.39, 0.29) is 24.6 Å². The van der Waals surface area contributed by atoms with Gasteiger partial charge in [0.15, 0.2) is 11.6 Å². The Kier molecular flexibility index (Phi) is 9.70. The molecule has 2 rings (SSSR count). The fourth-order valence-corrected chi connectivity index (χ4v) is 4.22. The summed E-state index contributed by atoms with van der Waals surface area (Å²) in [6, 6.07) is 6.87. The molecule has 1 unspecified atom stereocenters. The van der Waals surface area contributed by atoms with E-state index in [1.807, 2.05) is 13.8 Å². The minimum absolute atomic E-state index is 0.0951. The summed E-state index contributed by atoms with van der Waals surface area (Å²) in [7, 11) is -4.08. The number of rotatable bonds is 11. The summed E-state index contributed by atoms with van der Waals surface area (Å²) in [5.41, 5.74) is 0.285. The van der Waals surface area contributed by atoms with E-state index in [1.54, 1.807) is 6.92 Å². The van der Waals surface area contributed by atoms with Crippen LogP contribution in [0.4, 0.5) is 18.9 Å². The molecule has 0 aromatic heterocycles. The molecule has 2 aromatic rings. The molecule has 0 saturated carbocycles. The van der Waals surface area contributed by atoms with Gasteiger partial charge in [-0.15, -0.1) is 0 Å². The predicted octanol–water partition coefficient (Wildman–Crippen LogP) is 3.45. The Morgan fingerprint density at radius 2 is 1.63 bits per heavy atom. The van der Waals surface area contributed by atoms with Gasteiger partial charge < -0.3 is 10.2 Å². The highest BCUT2D eigenvalue weighted by molar-refractivity contribution is 7.92. The van der Waals surface area contributed by atoms with Crippen molar-refractivity contribution in [3.8, 4) is 0 Å². The first-order valence-electron chi connectivity index (χ1n) is 11.1. The highest BCUT2D eigenvalue weighted by atomic mass is 32.2. The molecule has 0 heterocycles. The first-order valence-corrected chi connectivity index (χ1v) is 12.9. The van der Waals surface area contributed by atoms with Gasteiger partial charge in [0.25, 0.3) is 0 Å². The van der Waals surface area contributed by atoms with Crippen molar-refractivity contribution in [2.75, 3.05) is 23.7 Å². The molecule has 0 radical (unpaired) electrons. The normalized spacial score (nSPS) is 12.3. The van der Waals surface area contributed by atoms with Crippen molar-refractivity contribution in [3.63, 3.8) is 0 Å². The number of anilines is 1. The molecule has 0 saturated heterocycles. The molecule has 0 aliphatic heterocycles. The van der Waals surface area contributed by atoms with Gasteiger partial charge in [-0.3, -0.25) is 13.9 Å². The number of carbonyl (C=O) groups is 2. The topological polar surface area (TPSA) is 86.8 Å². The summed E-state index contributed by atoms with van der Waals surface area (Å²) in [6.07, 6.45) is 1.05. The SMILES string of the molecule is CCC(C(=O)NCC(C)C)N(Cc1ccc(F)cc1)C(=O)CN(c1ccc(F)c(F)c1)S(C)(=O)=O. The van der Waals surface area contributed by atoms with Crippen LogP contribution in [0, 0.1) is 23.4 Å². The van der Waals surface area contributed by atoms with Crippen molar-refractivity contribution in [1.82, 2.24) is 10.2 Å². The minimum atomic E-state index is -4.08. The van der Waals surface area contributed by atoms with Gasteiger partial charge in [0.1, 0.15) is 18.4 Å². The van der Waals surface area contributed by atoms with Crippen LogP contribution in [0.5, 0.6) is 0 Å². The van der Waals surface area contributed by atoms with E-state index in [0.29, 0.717) is 22.5 Å². The quantitative estimate of drug-likeness (QED) is 0.499. The molecule has 192 valence electrons. The number of nitrogens with zero attached hydrogens (tertiary/aromatic N) is 2. The highest BCUT2D eigenvalue weighted by Crippen LogP contribution is 2.22. The Morgan fingerprint density at radius 3 is 2.14 bits per heavy atom. The van der Waals surface area contributed by atoms with Crippen LogP contribution in [-0.2, 0) is 26.2 Å². The fourth-order valence-electron chi connectivity index (χ4n) is 3.38. The second-order valence-corrected chi connectivity index (χ2v) is 10.5. The lowest BCUT2D eigenvalue weighted by atomic mass is 10.1. The molecule has 0 aliphatic rings. The van der Waals surface area contributed by atoms with Crippen LogP contribution >= 0.6 is 0 Å². The number of amides is 2. The van der Waals surface area contributed by atoms with Gasteiger partial charge in [-0.1, -0.05) is 32.9 Å². The lowest BCUT2D eigenvalue weighted by Gasteiger charge is -2.33. The van der Waals surface area contributed by atoms with E-state index in [2.05, 4.69) is 5.32 Å². The van der Waals surface area contributed by atoms with Crippen LogP contribution in [0.2, 0.25) is 0 Å². The van der Waals surface area contributed by atoms with E-state index in [0.717, 1.165) is 18.4 Å². The van der Waals surface area contributed by atoms with Gasteiger partial charge in [0.05, 0.1) is 11.9 Å². The fraction of sp³-hybridized carbons (Fsp3) is 0.417. The molecular weight excluding hydrogens is 483 g/mol. The number of carbonyl (C=O) groups excluding carboxylic acids is 2. The van der Waals surface area contributed by atoms with E-state index in [1.165, 1.54) is 29.2 Å². The summed E-state index contributed by atoms with van der Waals surface area (Å²) in [5.74, 6) is -3.92. The lowest BCUT2D eigenvalue weighted by molar-refractivity contribution is -0.140. The second kappa shape index (κ2) is 12.1. The van der Waals surface area contributed by atoms with Gasteiger partial charge in [-0.2, -0.15) is 0 Å². The average Bonchev–Trinajstić information content (AvgIpc) is 2.78. The van der Waals surface area contributed by atoms with Crippen molar-refractivity contribution >= 4 is 27.5 Å². The molecule has 1 atom stereocenters. The van der Waals surface area contributed by atoms with Crippen molar-refractivity contribution in [2.45, 2.75) is 39.8 Å². The molecular formula is C24H30F3N3O4S. The zero-order chi connectivity index (χ0) is 26.3. The van der Waals surface area contributed by atoms with Crippen LogP contribution in [0.3, 0.4) is 0 Å². The number of halogens is 3. The molecule has 11 heteroatoms.